The van der Waals surface area contributed by atoms with Crippen molar-refractivity contribution in [1.29, 1.82) is 0 Å². The van der Waals surface area contributed by atoms with Crippen molar-refractivity contribution in [3.8, 4) is 0 Å². The number of hydrogen-bond acceptors (Lipinski definition) is 2. The monoisotopic (exact) mass is 174 g/mol. The van der Waals surface area contributed by atoms with E-state index in [0.717, 1.165) is 12.8 Å². The molecular weight excluding hydrogens is 152 g/mol. The van der Waals surface area contributed by atoms with Crippen molar-refractivity contribution in [2.24, 2.45) is 11.8 Å². The molecule has 0 radical (unpaired) electrons. The summed E-state index contributed by atoms with van der Waals surface area (Å²) in [5.41, 5.74) is 0. The van der Waals surface area contributed by atoms with E-state index in [0.29, 0.717) is 5.92 Å². The van der Waals surface area contributed by atoms with Crippen LogP contribution in [0.5, 0.6) is 0 Å². The topological polar surface area (TPSA) is 40.5 Å². The average Bonchev–Trinajstić information content (AvgIpc) is 1.85. The first kappa shape index (κ1) is 11.9. The molecular formula is C10H22O2. The lowest BCUT2D eigenvalue weighted by atomic mass is 9.89. The molecule has 12 heavy (non-hydrogen) atoms. The maximum atomic E-state index is 9.69. The molecule has 74 valence electrons. The number of aliphatic hydroxyl groups is 2. The highest BCUT2D eigenvalue weighted by Gasteiger charge is 2.22. The maximum absolute atomic E-state index is 9.69. The van der Waals surface area contributed by atoms with Crippen LogP contribution in [0.4, 0.5) is 0 Å². The van der Waals surface area contributed by atoms with Crippen molar-refractivity contribution in [2.45, 2.75) is 52.7 Å². The first-order valence-electron chi connectivity index (χ1n) is 4.85. The lowest BCUT2D eigenvalue weighted by molar-refractivity contribution is 0.00930. The zero-order valence-electron chi connectivity index (χ0n) is 8.62. The van der Waals surface area contributed by atoms with Gasteiger partial charge in [0.05, 0.1) is 12.2 Å². The Morgan fingerprint density at radius 1 is 1.08 bits per heavy atom. The van der Waals surface area contributed by atoms with Crippen LogP contribution in [0.15, 0.2) is 0 Å². The van der Waals surface area contributed by atoms with Crippen LogP contribution in [-0.4, -0.2) is 22.4 Å². The zero-order valence-corrected chi connectivity index (χ0v) is 8.62. The van der Waals surface area contributed by atoms with Gasteiger partial charge in [0, 0.05) is 5.92 Å². The SMILES string of the molecule is CCC(C(C)O)C(O)CC(C)C. The predicted octanol–water partition coefficient (Wildman–Crippen LogP) is 1.80. The molecule has 2 N–H and O–H groups in total. The fourth-order valence-electron chi connectivity index (χ4n) is 1.59. The molecule has 0 aromatic heterocycles. The number of hydrogen-bond donors (Lipinski definition) is 2. The van der Waals surface area contributed by atoms with Gasteiger partial charge in [0.2, 0.25) is 0 Å². The molecule has 3 unspecified atom stereocenters. The van der Waals surface area contributed by atoms with Gasteiger partial charge < -0.3 is 10.2 Å². The van der Waals surface area contributed by atoms with Crippen molar-refractivity contribution < 1.29 is 10.2 Å². The third-order valence-corrected chi connectivity index (χ3v) is 2.30. The van der Waals surface area contributed by atoms with E-state index in [1.165, 1.54) is 0 Å². The van der Waals surface area contributed by atoms with Gasteiger partial charge in [-0.1, -0.05) is 20.8 Å². The molecule has 0 rings (SSSR count). The molecule has 2 nitrogen and oxygen atoms in total. The molecule has 0 amide bonds. The van der Waals surface area contributed by atoms with E-state index in [2.05, 4.69) is 13.8 Å². The molecule has 0 spiro atoms. The normalized spacial score (nSPS) is 19.2. The second kappa shape index (κ2) is 5.55. The van der Waals surface area contributed by atoms with Gasteiger partial charge in [-0.2, -0.15) is 0 Å². The van der Waals surface area contributed by atoms with Crippen LogP contribution in [0.3, 0.4) is 0 Å². The fourth-order valence-corrected chi connectivity index (χ4v) is 1.59. The molecule has 0 aliphatic rings. The number of rotatable bonds is 5. The quantitative estimate of drug-likeness (QED) is 0.667. The van der Waals surface area contributed by atoms with E-state index < -0.39 is 6.10 Å². The highest BCUT2D eigenvalue weighted by Crippen LogP contribution is 2.19. The second-order valence-electron chi connectivity index (χ2n) is 4.01. The van der Waals surface area contributed by atoms with Crippen LogP contribution in [0.2, 0.25) is 0 Å². The summed E-state index contributed by atoms with van der Waals surface area (Å²) in [6.07, 6.45) is 0.869. The summed E-state index contributed by atoms with van der Waals surface area (Å²) in [7, 11) is 0. The Labute approximate surface area is 75.6 Å². The van der Waals surface area contributed by atoms with Crippen LogP contribution in [0.1, 0.15) is 40.5 Å². The van der Waals surface area contributed by atoms with Gasteiger partial charge in [-0.25, -0.2) is 0 Å². The van der Waals surface area contributed by atoms with Crippen molar-refractivity contribution >= 4 is 0 Å². The summed E-state index contributed by atoms with van der Waals surface area (Å²) < 4.78 is 0. The lowest BCUT2D eigenvalue weighted by Crippen LogP contribution is -2.30. The van der Waals surface area contributed by atoms with E-state index in [1.807, 2.05) is 6.92 Å². The Morgan fingerprint density at radius 2 is 1.58 bits per heavy atom. The van der Waals surface area contributed by atoms with Crippen LogP contribution >= 0.6 is 0 Å². The third-order valence-electron chi connectivity index (χ3n) is 2.30. The Bertz CT molecular complexity index is 110. The first-order valence-corrected chi connectivity index (χ1v) is 4.85. The molecule has 0 bridgehead atoms. The van der Waals surface area contributed by atoms with E-state index in [4.69, 9.17) is 0 Å². The van der Waals surface area contributed by atoms with Crippen LogP contribution in [0.25, 0.3) is 0 Å². The third kappa shape index (κ3) is 4.07. The average molecular weight is 174 g/mol. The standard InChI is InChI=1S/C10H22O2/c1-5-9(8(4)11)10(12)6-7(2)3/h7-12H,5-6H2,1-4H3. The molecule has 0 aromatic rings. The minimum atomic E-state index is -0.399. The second-order valence-corrected chi connectivity index (χ2v) is 4.01. The van der Waals surface area contributed by atoms with Crippen LogP contribution < -0.4 is 0 Å². The van der Waals surface area contributed by atoms with Gasteiger partial charge in [-0.05, 0) is 25.7 Å². The highest BCUT2D eigenvalue weighted by molar-refractivity contribution is 4.73. The maximum Gasteiger partial charge on any atom is 0.0595 e. The molecule has 0 aromatic carbocycles. The molecule has 0 saturated heterocycles. The molecule has 0 aliphatic carbocycles. The van der Waals surface area contributed by atoms with Gasteiger partial charge in [0.1, 0.15) is 0 Å². The first-order chi connectivity index (χ1) is 5.49. The largest absolute Gasteiger partial charge is 0.393 e. The zero-order chi connectivity index (χ0) is 9.72. The molecule has 2 heteroatoms. The fraction of sp³-hybridized carbons (Fsp3) is 1.00. The van der Waals surface area contributed by atoms with E-state index in [1.54, 1.807) is 6.92 Å². The van der Waals surface area contributed by atoms with Gasteiger partial charge in [0.15, 0.2) is 0 Å². The Morgan fingerprint density at radius 3 is 1.83 bits per heavy atom. The van der Waals surface area contributed by atoms with Crippen molar-refractivity contribution in [1.82, 2.24) is 0 Å². The van der Waals surface area contributed by atoms with Gasteiger partial charge >= 0.3 is 0 Å². The molecule has 0 saturated carbocycles. The van der Waals surface area contributed by atoms with Gasteiger partial charge in [-0.3, -0.25) is 0 Å². The summed E-state index contributed by atoms with van der Waals surface area (Å²) in [6, 6.07) is 0. The minimum absolute atomic E-state index is 0.0346. The summed E-state index contributed by atoms with van der Waals surface area (Å²) in [5.74, 6) is 0.528. The number of aliphatic hydroxyl groups excluding tert-OH is 2. The highest BCUT2D eigenvalue weighted by atomic mass is 16.3. The van der Waals surface area contributed by atoms with E-state index in [-0.39, 0.29) is 12.0 Å². The van der Waals surface area contributed by atoms with Crippen molar-refractivity contribution in [3.63, 3.8) is 0 Å². The Hall–Kier alpha value is -0.0800. The minimum Gasteiger partial charge on any atom is -0.393 e. The van der Waals surface area contributed by atoms with Gasteiger partial charge in [-0.15, -0.1) is 0 Å². The molecule has 0 heterocycles. The van der Waals surface area contributed by atoms with Crippen molar-refractivity contribution in [2.75, 3.05) is 0 Å². The van der Waals surface area contributed by atoms with Crippen molar-refractivity contribution in [3.05, 3.63) is 0 Å². The molecule has 3 atom stereocenters. The molecule has 0 aliphatic heterocycles. The summed E-state index contributed by atoms with van der Waals surface area (Å²) in [4.78, 5) is 0. The van der Waals surface area contributed by atoms with E-state index in [9.17, 15) is 10.2 Å². The summed E-state index contributed by atoms with van der Waals surface area (Å²) in [6.45, 7) is 7.91. The summed E-state index contributed by atoms with van der Waals surface area (Å²) in [5, 5.41) is 19.0. The van der Waals surface area contributed by atoms with Crippen LogP contribution in [-0.2, 0) is 0 Å². The smallest absolute Gasteiger partial charge is 0.0595 e. The summed E-state index contributed by atoms with van der Waals surface area (Å²) >= 11 is 0. The predicted molar refractivity (Wildman–Crippen MR) is 50.9 cm³/mol. The van der Waals surface area contributed by atoms with Crippen LogP contribution in [0, 0.1) is 11.8 Å². The Kier molecular flexibility index (Phi) is 5.51. The Balaban J connectivity index is 3.94. The van der Waals surface area contributed by atoms with E-state index >= 15 is 0 Å². The van der Waals surface area contributed by atoms with Gasteiger partial charge in [0.25, 0.3) is 0 Å². The molecule has 0 fully saturated rings. The lowest BCUT2D eigenvalue weighted by Gasteiger charge is -2.25.